The summed E-state index contributed by atoms with van der Waals surface area (Å²) < 4.78 is 6.19. The van der Waals surface area contributed by atoms with E-state index in [1.54, 1.807) is 0 Å². The highest BCUT2D eigenvalue weighted by Crippen LogP contribution is 2.51. The average molecular weight is 280 g/mol. The molecule has 0 bridgehead atoms. The molecule has 1 spiro atoms. The third kappa shape index (κ3) is 2.36. The molecule has 1 aromatic carbocycles. The molecule has 1 aromatic rings. The van der Waals surface area contributed by atoms with Crippen LogP contribution < -0.4 is 10.5 Å². The Kier molecular flexibility index (Phi) is 3.72. The lowest BCUT2D eigenvalue weighted by molar-refractivity contribution is -0.0769. The fourth-order valence-corrected chi connectivity index (χ4v) is 3.90. The summed E-state index contributed by atoms with van der Waals surface area (Å²) >= 11 is 6.19. The fourth-order valence-electron chi connectivity index (χ4n) is 3.72. The molecule has 2 N–H and O–H groups in total. The predicted octanol–water partition coefficient (Wildman–Crippen LogP) is 4.16. The molecule has 2 aliphatic carbocycles. The zero-order valence-electron chi connectivity index (χ0n) is 11.3. The maximum absolute atomic E-state index is 6.33. The second-order valence-electron chi connectivity index (χ2n) is 6.03. The molecule has 2 unspecified atom stereocenters. The normalized spacial score (nSPS) is 29.6. The Hall–Kier alpha value is -0.730. The summed E-state index contributed by atoms with van der Waals surface area (Å²) in [4.78, 5) is 0. The SMILES string of the molecule is NC1CC(Oc2ccccc2Cl)C12CCCCCC2. The van der Waals surface area contributed by atoms with Crippen molar-refractivity contribution < 1.29 is 4.74 Å². The van der Waals surface area contributed by atoms with Gasteiger partial charge in [0.25, 0.3) is 0 Å². The summed E-state index contributed by atoms with van der Waals surface area (Å²) in [5.41, 5.74) is 6.53. The first-order chi connectivity index (χ1) is 9.22. The molecule has 2 atom stereocenters. The standard InChI is InChI=1S/C16H22ClNO/c17-12-7-3-4-8-13(12)19-15-11-14(18)16(15)9-5-1-2-6-10-16/h3-4,7-8,14-15H,1-2,5-6,9-11,18H2. The van der Waals surface area contributed by atoms with E-state index in [2.05, 4.69) is 0 Å². The van der Waals surface area contributed by atoms with Crippen molar-refractivity contribution in [1.29, 1.82) is 0 Å². The monoisotopic (exact) mass is 279 g/mol. The lowest BCUT2D eigenvalue weighted by atomic mass is 9.58. The highest BCUT2D eigenvalue weighted by atomic mass is 35.5. The van der Waals surface area contributed by atoms with Crippen LogP contribution in [0.1, 0.15) is 44.9 Å². The minimum atomic E-state index is 0.204. The maximum Gasteiger partial charge on any atom is 0.138 e. The van der Waals surface area contributed by atoms with E-state index in [0.717, 1.165) is 12.2 Å². The lowest BCUT2D eigenvalue weighted by Gasteiger charge is -2.54. The van der Waals surface area contributed by atoms with Crippen LogP contribution in [0, 0.1) is 5.41 Å². The van der Waals surface area contributed by atoms with Crippen LogP contribution in [0.15, 0.2) is 24.3 Å². The van der Waals surface area contributed by atoms with E-state index in [1.807, 2.05) is 24.3 Å². The average Bonchev–Trinajstić information content (AvgIpc) is 2.68. The second kappa shape index (κ2) is 5.34. The molecule has 3 rings (SSSR count). The molecule has 2 fully saturated rings. The number of hydrogen-bond donors (Lipinski definition) is 1. The molecule has 104 valence electrons. The molecule has 0 aliphatic heterocycles. The number of halogens is 1. The predicted molar refractivity (Wildman–Crippen MR) is 78.6 cm³/mol. The van der Waals surface area contributed by atoms with E-state index in [1.165, 1.54) is 38.5 Å². The zero-order chi connectivity index (χ0) is 13.3. The third-order valence-corrected chi connectivity index (χ3v) is 5.30. The number of benzene rings is 1. The second-order valence-corrected chi connectivity index (χ2v) is 6.43. The fraction of sp³-hybridized carbons (Fsp3) is 0.625. The van der Waals surface area contributed by atoms with Crippen molar-refractivity contribution in [3.8, 4) is 5.75 Å². The van der Waals surface area contributed by atoms with E-state index in [9.17, 15) is 0 Å². The summed E-state index contributed by atoms with van der Waals surface area (Å²) in [6.07, 6.45) is 8.89. The summed E-state index contributed by atoms with van der Waals surface area (Å²) in [7, 11) is 0. The zero-order valence-corrected chi connectivity index (χ0v) is 12.0. The van der Waals surface area contributed by atoms with Gasteiger partial charge in [0.15, 0.2) is 0 Å². The molecule has 0 amide bonds. The Bertz CT molecular complexity index is 440. The van der Waals surface area contributed by atoms with Gasteiger partial charge >= 0.3 is 0 Å². The van der Waals surface area contributed by atoms with Gasteiger partial charge < -0.3 is 10.5 Å². The molecule has 0 radical (unpaired) electrons. The van der Waals surface area contributed by atoms with Crippen LogP contribution in [0.4, 0.5) is 0 Å². The summed E-state index contributed by atoms with van der Waals surface area (Å²) in [5, 5.41) is 0.701. The van der Waals surface area contributed by atoms with Crippen LogP contribution in [0.3, 0.4) is 0 Å². The summed E-state index contributed by atoms with van der Waals surface area (Å²) in [5.74, 6) is 0.810. The van der Waals surface area contributed by atoms with Gasteiger partial charge in [0.1, 0.15) is 11.9 Å². The molecule has 2 nitrogen and oxygen atoms in total. The minimum Gasteiger partial charge on any atom is -0.488 e. The maximum atomic E-state index is 6.33. The number of ether oxygens (including phenoxy) is 1. The van der Waals surface area contributed by atoms with E-state index < -0.39 is 0 Å². The molecular weight excluding hydrogens is 258 g/mol. The van der Waals surface area contributed by atoms with Gasteiger partial charge in [0.05, 0.1) is 5.02 Å². The Morgan fingerprint density at radius 2 is 1.79 bits per heavy atom. The Morgan fingerprint density at radius 1 is 1.11 bits per heavy atom. The third-order valence-electron chi connectivity index (χ3n) is 4.99. The molecule has 19 heavy (non-hydrogen) atoms. The number of para-hydroxylation sites is 1. The van der Waals surface area contributed by atoms with E-state index >= 15 is 0 Å². The first kappa shape index (κ1) is 13.3. The minimum absolute atomic E-state index is 0.204. The van der Waals surface area contributed by atoms with Gasteiger partial charge in [0.2, 0.25) is 0 Å². The van der Waals surface area contributed by atoms with Crippen LogP contribution in [0.2, 0.25) is 5.02 Å². The van der Waals surface area contributed by atoms with Gasteiger partial charge in [-0.15, -0.1) is 0 Å². The molecule has 0 heterocycles. The van der Waals surface area contributed by atoms with Gasteiger partial charge in [-0.25, -0.2) is 0 Å². The lowest BCUT2D eigenvalue weighted by Crippen LogP contribution is -2.63. The first-order valence-electron chi connectivity index (χ1n) is 7.39. The Morgan fingerprint density at radius 3 is 2.42 bits per heavy atom. The van der Waals surface area contributed by atoms with E-state index in [0.29, 0.717) is 11.1 Å². The summed E-state index contributed by atoms with van der Waals surface area (Å²) in [6.45, 7) is 0. The molecule has 2 aliphatic rings. The molecule has 0 saturated heterocycles. The van der Waals surface area contributed by atoms with Gasteiger partial charge in [-0.3, -0.25) is 0 Å². The van der Waals surface area contributed by atoms with Crippen molar-refractivity contribution in [2.75, 3.05) is 0 Å². The number of hydrogen-bond acceptors (Lipinski definition) is 2. The molecule has 3 heteroatoms. The molecular formula is C16H22ClNO. The van der Waals surface area contributed by atoms with Crippen molar-refractivity contribution in [3.05, 3.63) is 29.3 Å². The highest BCUT2D eigenvalue weighted by Gasteiger charge is 2.54. The van der Waals surface area contributed by atoms with Crippen molar-refractivity contribution in [2.45, 2.75) is 57.1 Å². The van der Waals surface area contributed by atoms with Crippen LogP contribution >= 0.6 is 11.6 Å². The Balaban J connectivity index is 1.76. The van der Waals surface area contributed by atoms with Crippen molar-refractivity contribution in [2.24, 2.45) is 11.1 Å². The van der Waals surface area contributed by atoms with Crippen LogP contribution in [-0.4, -0.2) is 12.1 Å². The molecule has 0 aromatic heterocycles. The van der Waals surface area contributed by atoms with Crippen LogP contribution in [-0.2, 0) is 0 Å². The first-order valence-corrected chi connectivity index (χ1v) is 7.77. The van der Waals surface area contributed by atoms with Crippen molar-refractivity contribution in [3.63, 3.8) is 0 Å². The van der Waals surface area contributed by atoms with Crippen LogP contribution in [0.25, 0.3) is 0 Å². The van der Waals surface area contributed by atoms with Gasteiger partial charge in [0, 0.05) is 17.9 Å². The topological polar surface area (TPSA) is 35.2 Å². The molecule has 2 saturated carbocycles. The van der Waals surface area contributed by atoms with E-state index in [-0.39, 0.29) is 11.5 Å². The largest absolute Gasteiger partial charge is 0.488 e. The van der Waals surface area contributed by atoms with Crippen LogP contribution in [0.5, 0.6) is 5.75 Å². The van der Waals surface area contributed by atoms with Gasteiger partial charge in [-0.05, 0) is 25.0 Å². The van der Waals surface area contributed by atoms with Gasteiger partial charge in [-0.2, -0.15) is 0 Å². The van der Waals surface area contributed by atoms with Crippen molar-refractivity contribution >= 4 is 11.6 Å². The highest BCUT2D eigenvalue weighted by molar-refractivity contribution is 6.32. The quantitative estimate of drug-likeness (QED) is 0.882. The van der Waals surface area contributed by atoms with E-state index in [4.69, 9.17) is 22.1 Å². The van der Waals surface area contributed by atoms with Gasteiger partial charge in [-0.1, -0.05) is 49.4 Å². The smallest absolute Gasteiger partial charge is 0.138 e. The number of rotatable bonds is 2. The Labute approximate surface area is 120 Å². The summed E-state index contributed by atoms with van der Waals surface area (Å²) in [6, 6.07) is 8.05. The van der Waals surface area contributed by atoms with Crippen molar-refractivity contribution in [1.82, 2.24) is 0 Å². The number of nitrogens with two attached hydrogens (primary N) is 1.